The number of benzene rings is 1. The maximum atomic E-state index is 12.7. The fourth-order valence-corrected chi connectivity index (χ4v) is 3.34. The monoisotopic (exact) mass is 311 g/mol. The van der Waals surface area contributed by atoms with E-state index in [1.54, 1.807) is 0 Å². The molecule has 122 valence electrons. The van der Waals surface area contributed by atoms with Gasteiger partial charge in [-0.2, -0.15) is 0 Å². The van der Waals surface area contributed by atoms with Crippen LogP contribution in [-0.4, -0.2) is 42.7 Å². The number of rotatable bonds is 4. The molecule has 22 heavy (non-hydrogen) atoms. The molecule has 3 nitrogen and oxygen atoms in total. The second-order valence-electron chi connectivity index (χ2n) is 6.77. The van der Waals surface area contributed by atoms with Crippen LogP contribution in [0.1, 0.15) is 31.4 Å². The molecular formula is C17H23F2NO2. The lowest BCUT2D eigenvalue weighted by Gasteiger charge is -2.35. The maximum Gasteiger partial charge on any atom is 0.240 e. The van der Waals surface area contributed by atoms with Crippen LogP contribution in [0.2, 0.25) is 0 Å². The summed E-state index contributed by atoms with van der Waals surface area (Å²) in [6, 6.07) is 5.93. The summed E-state index contributed by atoms with van der Waals surface area (Å²) in [6.45, 7) is 6.45. The molecule has 1 unspecified atom stereocenters. The highest BCUT2D eigenvalue weighted by Crippen LogP contribution is 2.38. The van der Waals surface area contributed by atoms with Crippen LogP contribution < -0.4 is 4.74 Å². The molecule has 3 rings (SSSR count). The topological polar surface area (TPSA) is 21.7 Å². The summed E-state index contributed by atoms with van der Waals surface area (Å²) in [6.07, 6.45) is -1.55. The van der Waals surface area contributed by atoms with Crippen LogP contribution in [0.15, 0.2) is 18.2 Å². The molecule has 1 aromatic carbocycles. The number of alkyl halides is 2. The van der Waals surface area contributed by atoms with Gasteiger partial charge in [0, 0.05) is 37.5 Å². The van der Waals surface area contributed by atoms with E-state index < -0.39 is 6.43 Å². The van der Waals surface area contributed by atoms with Gasteiger partial charge in [-0.1, -0.05) is 18.2 Å². The zero-order chi connectivity index (χ0) is 15.7. The summed E-state index contributed by atoms with van der Waals surface area (Å²) in [5.74, 6) is 0.940. The second kappa shape index (κ2) is 6.13. The Hall–Kier alpha value is -1.20. The first-order valence-electron chi connectivity index (χ1n) is 7.84. The zero-order valence-corrected chi connectivity index (χ0v) is 13.1. The summed E-state index contributed by atoms with van der Waals surface area (Å²) < 4.78 is 36.9. The Balaban J connectivity index is 1.77. The van der Waals surface area contributed by atoms with Gasteiger partial charge in [0.25, 0.3) is 0 Å². The molecule has 2 aliphatic heterocycles. The van der Waals surface area contributed by atoms with Gasteiger partial charge in [-0.3, -0.25) is 4.90 Å². The van der Waals surface area contributed by atoms with Crippen LogP contribution in [0.5, 0.6) is 5.75 Å². The van der Waals surface area contributed by atoms with Crippen molar-refractivity contribution in [1.82, 2.24) is 4.90 Å². The molecule has 0 amide bonds. The van der Waals surface area contributed by atoms with Crippen molar-refractivity contribution < 1.29 is 18.3 Å². The first-order valence-corrected chi connectivity index (χ1v) is 7.84. The van der Waals surface area contributed by atoms with Crippen molar-refractivity contribution >= 4 is 0 Å². The minimum absolute atomic E-state index is 0.138. The average Bonchev–Trinajstić information content (AvgIpc) is 2.75. The standard InChI is InChI=1S/C17H23F2NO2/c1-17(2)9-12-4-3-5-13(16(12)22-17)10-20-6-7-21-11-14(20)8-15(18)19/h3-5,14-15H,6-11H2,1-2H3. The number of halogens is 2. The molecule has 1 fully saturated rings. The lowest BCUT2D eigenvalue weighted by molar-refractivity contribution is -0.0350. The molecule has 1 aromatic rings. The molecule has 0 aromatic heterocycles. The number of hydrogen-bond acceptors (Lipinski definition) is 3. The van der Waals surface area contributed by atoms with Gasteiger partial charge in [-0.25, -0.2) is 8.78 Å². The highest BCUT2D eigenvalue weighted by molar-refractivity contribution is 5.45. The molecule has 0 bridgehead atoms. The minimum Gasteiger partial charge on any atom is -0.487 e. The molecular weight excluding hydrogens is 288 g/mol. The van der Waals surface area contributed by atoms with Gasteiger partial charge < -0.3 is 9.47 Å². The predicted octanol–water partition coefficient (Wildman–Crippen LogP) is 3.26. The fourth-order valence-electron chi connectivity index (χ4n) is 3.34. The molecule has 2 aliphatic rings. The maximum absolute atomic E-state index is 12.7. The van der Waals surface area contributed by atoms with Crippen molar-refractivity contribution in [3.8, 4) is 5.75 Å². The van der Waals surface area contributed by atoms with Gasteiger partial charge in [0.15, 0.2) is 0 Å². The Kier molecular flexibility index (Phi) is 4.37. The van der Waals surface area contributed by atoms with Gasteiger partial charge in [0.05, 0.1) is 13.2 Å². The van der Waals surface area contributed by atoms with E-state index in [1.165, 1.54) is 5.56 Å². The summed E-state index contributed by atoms with van der Waals surface area (Å²) in [5, 5.41) is 0. The van der Waals surface area contributed by atoms with Gasteiger partial charge in [-0.05, 0) is 19.4 Å². The van der Waals surface area contributed by atoms with Crippen molar-refractivity contribution in [2.75, 3.05) is 19.8 Å². The molecule has 1 atom stereocenters. The lowest BCUT2D eigenvalue weighted by atomic mass is 10.00. The predicted molar refractivity (Wildman–Crippen MR) is 80.5 cm³/mol. The number of morpholine rings is 1. The van der Waals surface area contributed by atoms with E-state index in [9.17, 15) is 8.78 Å². The Morgan fingerprint density at radius 2 is 2.18 bits per heavy atom. The van der Waals surface area contributed by atoms with E-state index in [0.717, 1.165) is 17.7 Å². The fraction of sp³-hybridized carbons (Fsp3) is 0.647. The van der Waals surface area contributed by atoms with Gasteiger partial charge >= 0.3 is 0 Å². The van der Waals surface area contributed by atoms with E-state index in [0.29, 0.717) is 26.3 Å². The van der Waals surface area contributed by atoms with E-state index in [4.69, 9.17) is 9.47 Å². The second-order valence-corrected chi connectivity index (χ2v) is 6.77. The lowest BCUT2D eigenvalue weighted by Crippen LogP contribution is -2.45. The van der Waals surface area contributed by atoms with Crippen molar-refractivity contribution in [2.45, 2.75) is 51.3 Å². The van der Waals surface area contributed by atoms with Crippen LogP contribution in [-0.2, 0) is 17.7 Å². The molecule has 0 N–H and O–H groups in total. The van der Waals surface area contributed by atoms with Gasteiger partial charge in [0.2, 0.25) is 6.43 Å². The van der Waals surface area contributed by atoms with Crippen LogP contribution in [0.4, 0.5) is 8.78 Å². The summed E-state index contributed by atoms with van der Waals surface area (Å²) in [7, 11) is 0. The molecule has 5 heteroatoms. The molecule has 0 aliphatic carbocycles. The van der Waals surface area contributed by atoms with E-state index >= 15 is 0 Å². The average molecular weight is 311 g/mol. The van der Waals surface area contributed by atoms with E-state index in [1.807, 2.05) is 12.1 Å². The van der Waals surface area contributed by atoms with Crippen molar-refractivity contribution in [3.05, 3.63) is 29.3 Å². The Bertz CT molecular complexity index is 533. The highest BCUT2D eigenvalue weighted by Gasteiger charge is 2.33. The smallest absolute Gasteiger partial charge is 0.240 e. The number of hydrogen-bond donors (Lipinski definition) is 0. The Morgan fingerprint density at radius 3 is 2.95 bits per heavy atom. The number of para-hydroxylation sites is 1. The summed E-state index contributed by atoms with van der Waals surface area (Å²) >= 11 is 0. The molecule has 1 saturated heterocycles. The van der Waals surface area contributed by atoms with Crippen LogP contribution in [0.3, 0.4) is 0 Å². The normalized spacial score (nSPS) is 24.3. The largest absolute Gasteiger partial charge is 0.487 e. The molecule has 0 radical (unpaired) electrons. The van der Waals surface area contributed by atoms with Crippen LogP contribution >= 0.6 is 0 Å². The summed E-state index contributed by atoms with van der Waals surface area (Å²) in [4.78, 5) is 2.10. The third-order valence-corrected chi connectivity index (χ3v) is 4.35. The van der Waals surface area contributed by atoms with Gasteiger partial charge in [0.1, 0.15) is 11.4 Å². The molecule has 0 saturated carbocycles. The van der Waals surface area contributed by atoms with Crippen molar-refractivity contribution in [2.24, 2.45) is 0 Å². The number of nitrogens with zero attached hydrogens (tertiary/aromatic N) is 1. The van der Waals surface area contributed by atoms with Crippen molar-refractivity contribution in [1.29, 1.82) is 0 Å². The van der Waals surface area contributed by atoms with E-state index in [-0.39, 0.29) is 18.1 Å². The number of fused-ring (bicyclic) bond motifs is 1. The first-order chi connectivity index (χ1) is 10.4. The Labute approximate surface area is 130 Å². The third-order valence-electron chi connectivity index (χ3n) is 4.35. The van der Waals surface area contributed by atoms with Gasteiger partial charge in [-0.15, -0.1) is 0 Å². The first kappa shape index (κ1) is 15.7. The molecule has 0 spiro atoms. The minimum atomic E-state index is -2.30. The highest BCUT2D eigenvalue weighted by atomic mass is 19.3. The van der Waals surface area contributed by atoms with Crippen LogP contribution in [0, 0.1) is 0 Å². The summed E-state index contributed by atoms with van der Waals surface area (Å²) in [5.41, 5.74) is 2.11. The zero-order valence-electron chi connectivity index (χ0n) is 13.1. The third kappa shape index (κ3) is 3.41. The number of ether oxygens (including phenoxy) is 2. The van der Waals surface area contributed by atoms with E-state index in [2.05, 4.69) is 24.8 Å². The van der Waals surface area contributed by atoms with Crippen LogP contribution in [0.25, 0.3) is 0 Å². The SMILES string of the molecule is CC1(C)Cc2cccc(CN3CCOCC3CC(F)F)c2O1. The van der Waals surface area contributed by atoms with Crippen molar-refractivity contribution in [3.63, 3.8) is 0 Å². The Morgan fingerprint density at radius 1 is 1.36 bits per heavy atom. The molecule has 2 heterocycles. The quantitative estimate of drug-likeness (QED) is 0.852.